The van der Waals surface area contributed by atoms with Gasteiger partial charge in [-0.15, -0.1) is 0 Å². The van der Waals surface area contributed by atoms with Crippen LogP contribution in [0.2, 0.25) is 0 Å². The molecule has 1 aromatic carbocycles. The number of hydrogen-bond donors (Lipinski definition) is 1. The molecule has 0 atom stereocenters. The summed E-state index contributed by atoms with van der Waals surface area (Å²) in [4.78, 5) is 23.8. The first kappa shape index (κ1) is 17.6. The SMILES string of the molecule is CC.CC.O=c1[nH]ccn1Cc1cccc([N+](=O)[O-])c1. The smallest absolute Gasteiger partial charge is 0.313 e. The van der Waals surface area contributed by atoms with Crippen LogP contribution in [0.5, 0.6) is 0 Å². The quantitative estimate of drug-likeness (QED) is 0.692. The normalized spacial score (nSPS) is 8.80. The number of aromatic amines is 1. The first-order valence-corrected chi connectivity index (χ1v) is 6.64. The van der Waals surface area contributed by atoms with E-state index >= 15 is 0 Å². The fourth-order valence-electron chi connectivity index (χ4n) is 1.44. The molecule has 0 aliphatic carbocycles. The zero-order valence-corrected chi connectivity index (χ0v) is 12.3. The molecule has 1 aromatic heterocycles. The van der Waals surface area contributed by atoms with Gasteiger partial charge in [0.05, 0.1) is 11.5 Å². The van der Waals surface area contributed by atoms with Crippen LogP contribution in [0.1, 0.15) is 33.3 Å². The van der Waals surface area contributed by atoms with Crippen molar-refractivity contribution in [3.8, 4) is 0 Å². The maximum Gasteiger partial charge on any atom is 0.325 e. The molecule has 2 rings (SSSR count). The largest absolute Gasteiger partial charge is 0.325 e. The van der Waals surface area contributed by atoms with Crippen molar-refractivity contribution in [2.45, 2.75) is 34.2 Å². The van der Waals surface area contributed by atoms with Gasteiger partial charge in [-0.1, -0.05) is 39.8 Å². The summed E-state index contributed by atoms with van der Waals surface area (Å²) in [7, 11) is 0. The summed E-state index contributed by atoms with van der Waals surface area (Å²) in [5.41, 5.74) is 0.517. The van der Waals surface area contributed by atoms with Crippen LogP contribution in [0.4, 0.5) is 5.69 Å². The summed E-state index contributed by atoms with van der Waals surface area (Å²) < 4.78 is 1.44. The van der Waals surface area contributed by atoms with Gasteiger partial charge in [0.25, 0.3) is 5.69 Å². The highest BCUT2D eigenvalue weighted by atomic mass is 16.6. The van der Waals surface area contributed by atoms with Gasteiger partial charge in [-0.2, -0.15) is 0 Å². The number of nitrogens with zero attached hydrogens (tertiary/aromatic N) is 2. The molecule has 0 unspecified atom stereocenters. The van der Waals surface area contributed by atoms with Crippen molar-refractivity contribution < 1.29 is 4.92 Å². The molecule has 0 fully saturated rings. The number of hydrogen-bond acceptors (Lipinski definition) is 3. The summed E-state index contributed by atoms with van der Waals surface area (Å²) in [6, 6.07) is 6.22. The minimum Gasteiger partial charge on any atom is -0.313 e. The zero-order valence-electron chi connectivity index (χ0n) is 12.3. The average Bonchev–Trinajstić information content (AvgIpc) is 2.89. The Morgan fingerprint density at radius 1 is 1.25 bits per heavy atom. The molecule has 0 aliphatic heterocycles. The Morgan fingerprint density at radius 3 is 2.40 bits per heavy atom. The van der Waals surface area contributed by atoms with Crippen LogP contribution in [0.25, 0.3) is 0 Å². The second-order valence-electron chi connectivity index (χ2n) is 3.32. The number of nitro benzene ring substituents is 1. The van der Waals surface area contributed by atoms with E-state index in [1.165, 1.54) is 22.9 Å². The minimum atomic E-state index is -0.455. The molecule has 1 heterocycles. The summed E-state index contributed by atoms with van der Waals surface area (Å²) in [6.07, 6.45) is 3.13. The van der Waals surface area contributed by atoms with E-state index in [1.54, 1.807) is 18.3 Å². The molecule has 6 heteroatoms. The number of nitrogens with one attached hydrogen (secondary N) is 1. The number of non-ortho nitro benzene ring substituents is 1. The molecule has 0 spiro atoms. The van der Waals surface area contributed by atoms with E-state index in [4.69, 9.17) is 0 Å². The highest BCUT2D eigenvalue weighted by Gasteiger charge is 2.06. The third-order valence-corrected chi connectivity index (χ3v) is 2.20. The van der Waals surface area contributed by atoms with Crippen molar-refractivity contribution in [2.24, 2.45) is 0 Å². The Hall–Kier alpha value is -2.37. The lowest BCUT2D eigenvalue weighted by molar-refractivity contribution is -0.384. The molecule has 2 aromatic rings. The van der Waals surface area contributed by atoms with Gasteiger partial charge >= 0.3 is 5.69 Å². The van der Waals surface area contributed by atoms with Gasteiger partial charge in [-0.05, 0) is 5.56 Å². The van der Waals surface area contributed by atoms with Crippen molar-refractivity contribution in [3.05, 3.63) is 62.8 Å². The lowest BCUT2D eigenvalue weighted by Crippen LogP contribution is -2.16. The average molecular weight is 279 g/mol. The van der Waals surface area contributed by atoms with Crippen molar-refractivity contribution >= 4 is 5.69 Å². The van der Waals surface area contributed by atoms with Gasteiger partial charge in [0, 0.05) is 24.5 Å². The molecule has 110 valence electrons. The maximum atomic E-state index is 11.2. The number of imidazole rings is 1. The first-order valence-electron chi connectivity index (χ1n) is 6.64. The molecular formula is C14H21N3O3. The van der Waals surface area contributed by atoms with Gasteiger partial charge < -0.3 is 4.98 Å². The molecule has 0 saturated heterocycles. The van der Waals surface area contributed by atoms with E-state index in [-0.39, 0.29) is 11.4 Å². The van der Waals surface area contributed by atoms with Gasteiger partial charge in [-0.25, -0.2) is 4.79 Å². The van der Waals surface area contributed by atoms with Crippen LogP contribution in [-0.4, -0.2) is 14.5 Å². The monoisotopic (exact) mass is 279 g/mol. The number of rotatable bonds is 3. The van der Waals surface area contributed by atoms with Crippen LogP contribution in [-0.2, 0) is 6.54 Å². The Labute approximate surface area is 118 Å². The highest BCUT2D eigenvalue weighted by molar-refractivity contribution is 5.34. The Balaban J connectivity index is 0.000000829. The molecular weight excluding hydrogens is 258 g/mol. The lowest BCUT2D eigenvalue weighted by Gasteiger charge is -2.01. The van der Waals surface area contributed by atoms with Crippen LogP contribution in [0.3, 0.4) is 0 Å². The molecule has 0 amide bonds. The van der Waals surface area contributed by atoms with E-state index in [0.29, 0.717) is 6.54 Å². The lowest BCUT2D eigenvalue weighted by atomic mass is 10.2. The second-order valence-corrected chi connectivity index (χ2v) is 3.32. The zero-order chi connectivity index (χ0) is 15.5. The summed E-state index contributed by atoms with van der Waals surface area (Å²) in [5.74, 6) is 0. The van der Waals surface area contributed by atoms with Crippen LogP contribution < -0.4 is 5.69 Å². The fourth-order valence-corrected chi connectivity index (χ4v) is 1.44. The van der Waals surface area contributed by atoms with E-state index in [9.17, 15) is 14.9 Å². The third-order valence-electron chi connectivity index (χ3n) is 2.20. The molecule has 0 saturated carbocycles. The Bertz CT molecular complexity index is 573. The first-order chi connectivity index (χ1) is 9.66. The highest BCUT2D eigenvalue weighted by Crippen LogP contribution is 2.13. The second kappa shape index (κ2) is 9.55. The maximum absolute atomic E-state index is 11.2. The van der Waals surface area contributed by atoms with Crippen molar-refractivity contribution in [1.29, 1.82) is 0 Å². The molecule has 1 N–H and O–H groups in total. The Kier molecular flexibility index (Phi) is 8.41. The molecule has 0 radical (unpaired) electrons. The fraction of sp³-hybridized carbons (Fsp3) is 0.357. The topological polar surface area (TPSA) is 80.9 Å². The van der Waals surface area contributed by atoms with Crippen molar-refractivity contribution in [1.82, 2.24) is 9.55 Å². The van der Waals surface area contributed by atoms with Crippen molar-refractivity contribution in [2.75, 3.05) is 0 Å². The predicted molar refractivity (Wildman–Crippen MR) is 79.9 cm³/mol. The van der Waals surface area contributed by atoms with Crippen molar-refractivity contribution in [3.63, 3.8) is 0 Å². The van der Waals surface area contributed by atoms with Crippen LogP contribution in [0, 0.1) is 10.1 Å². The summed E-state index contributed by atoms with van der Waals surface area (Å²) in [5, 5.41) is 10.6. The third kappa shape index (κ3) is 5.09. The van der Waals surface area contributed by atoms with Crippen LogP contribution >= 0.6 is 0 Å². The number of aromatic nitrogens is 2. The number of H-pyrrole nitrogens is 1. The number of nitro groups is 1. The van der Waals surface area contributed by atoms with Crippen LogP contribution in [0.15, 0.2) is 41.5 Å². The Morgan fingerprint density at radius 2 is 1.90 bits per heavy atom. The predicted octanol–water partition coefficient (Wildman–Crippen LogP) is 3.19. The van der Waals surface area contributed by atoms with E-state index < -0.39 is 4.92 Å². The van der Waals surface area contributed by atoms with Gasteiger partial charge in [0.15, 0.2) is 0 Å². The number of benzene rings is 1. The standard InChI is InChI=1S/C10H9N3O3.2C2H6/c14-10-11-4-5-12(10)7-8-2-1-3-9(6-8)13(15)16;2*1-2/h1-6H,7H2,(H,11,14);2*1-2H3. The van der Waals surface area contributed by atoms with E-state index in [2.05, 4.69) is 4.98 Å². The van der Waals surface area contributed by atoms with Gasteiger partial charge in [0.1, 0.15) is 0 Å². The van der Waals surface area contributed by atoms with Gasteiger partial charge in [-0.3, -0.25) is 14.7 Å². The molecule has 6 nitrogen and oxygen atoms in total. The molecule has 0 bridgehead atoms. The van der Waals surface area contributed by atoms with E-state index in [0.717, 1.165) is 5.56 Å². The minimum absolute atomic E-state index is 0.0288. The summed E-state index contributed by atoms with van der Waals surface area (Å²) in [6.45, 7) is 8.32. The molecule has 0 aliphatic rings. The molecule has 20 heavy (non-hydrogen) atoms. The summed E-state index contributed by atoms with van der Waals surface area (Å²) >= 11 is 0. The van der Waals surface area contributed by atoms with Gasteiger partial charge in [0.2, 0.25) is 0 Å². The van der Waals surface area contributed by atoms with E-state index in [1.807, 2.05) is 27.7 Å².